The van der Waals surface area contributed by atoms with Crippen LogP contribution < -0.4 is 5.32 Å². The molecule has 0 atom stereocenters. The molecule has 0 aromatic rings. The van der Waals surface area contributed by atoms with Crippen LogP contribution in [-0.2, 0) is 19.1 Å². The van der Waals surface area contributed by atoms with Gasteiger partial charge in [0.1, 0.15) is 0 Å². The van der Waals surface area contributed by atoms with Crippen LogP contribution in [0.1, 0.15) is 12.8 Å². The summed E-state index contributed by atoms with van der Waals surface area (Å²) in [5.74, 6) is -2.20. The number of nitrogens with one attached hydrogen (secondary N) is 1. The number of esters is 1. The molecule has 0 aromatic carbocycles. The summed E-state index contributed by atoms with van der Waals surface area (Å²) in [5.41, 5.74) is 0. The van der Waals surface area contributed by atoms with Crippen LogP contribution in [0.25, 0.3) is 0 Å². The number of hydrogen-bond acceptors (Lipinski definition) is 4. The molecule has 0 radical (unpaired) electrons. The fraction of sp³-hybridized carbons (Fsp3) is 0.375. The van der Waals surface area contributed by atoms with Crippen LogP contribution in [-0.4, -0.2) is 29.7 Å². The van der Waals surface area contributed by atoms with Crippen molar-refractivity contribution in [3.8, 4) is 0 Å². The van der Waals surface area contributed by atoms with Gasteiger partial charge in [0.25, 0.3) is 0 Å². The quantitative estimate of drug-likeness (QED) is 0.348. The summed E-state index contributed by atoms with van der Waals surface area (Å²) >= 11 is 0. The van der Waals surface area contributed by atoms with Crippen LogP contribution in [0.5, 0.6) is 0 Å². The fourth-order valence-electron chi connectivity index (χ4n) is 0.541. The third-order valence-corrected chi connectivity index (χ3v) is 1.21. The predicted octanol–water partition coefficient (Wildman–Crippen LogP) is -0.346. The first-order valence-electron chi connectivity index (χ1n) is 3.84. The van der Waals surface area contributed by atoms with E-state index >= 15 is 0 Å². The highest BCUT2D eigenvalue weighted by Gasteiger charge is 2.06. The third kappa shape index (κ3) is 6.84. The molecule has 0 aliphatic heterocycles. The maximum atomic E-state index is 10.8. The number of carboxylic acid groups (broad SMARTS) is 1. The Hall–Kier alpha value is -1.85. The second-order valence-corrected chi connectivity index (χ2v) is 2.30. The Balaban J connectivity index is 3.49. The van der Waals surface area contributed by atoms with E-state index in [1.807, 2.05) is 0 Å². The van der Waals surface area contributed by atoms with E-state index < -0.39 is 17.8 Å². The second-order valence-electron chi connectivity index (χ2n) is 2.30. The normalized spacial score (nSPS) is 8.86. The lowest BCUT2D eigenvalue weighted by molar-refractivity contribution is -0.148. The smallest absolute Gasteiger partial charge is 0.308 e. The van der Waals surface area contributed by atoms with Crippen molar-refractivity contribution in [1.82, 2.24) is 5.32 Å². The van der Waals surface area contributed by atoms with E-state index in [1.165, 1.54) is 0 Å². The summed E-state index contributed by atoms with van der Waals surface area (Å²) in [5, 5.41) is 10.4. The number of aliphatic carboxylic acids is 1. The Bertz CT molecular complexity index is 248. The van der Waals surface area contributed by atoms with Crippen LogP contribution in [0, 0.1) is 0 Å². The number of carbonyl (C=O) groups is 3. The van der Waals surface area contributed by atoms with Gasteiger partial charge in [0.2, 0.25) is 5.91 Å². The fourth-order valence-corrected chi connectivity index (χ4v) is 0.541. The summed E-state index contributed by atoms with van der Waals surface area (Å²) in [6.45, 7) is 2.91. The van der Waals surface area contributed by atoms with Crippen molar-refractivity contribution in [1.29, 1.82) is 0 Å². The summed E-state index contributed by atoms with van der Waals surface area (Å²) in [4.78, 5) is 31.3. The summed E-state index contributed by atoms with van der Waals surface area (Å²) in [6.07, 6.45) is 0.540. The molecule has 0 saturated heterocycles. The van der Waals surface area contributed by atoms with Crippen LogP contribution in [0.2, 0.25) is 0 Å². The molecule has 0 saturated carbocycles. The first-order chi connectivity index (χ1) is 6.56. The van der Waals surface area contributed by atoms with E-state index in [9.17, 15) is 14.4 Å². The molecule has 0 unspecified atom stereocenters. The van der Waals surface area contributed by atoms with Gasteiger partial charge in [-0.25, -0.2) is 0 Å². The van der Waals surface area contributed by atoms with Crippen molar-refractivity contribution in [3.63, 3.8) is 0 Å². The van der Waals surface area contributed by atoms with E-state index in [1.54, 1.807) is 0 Å². The topological polar surface area (TPSA) is 92.7 Å². The Morgan fingerprint density at radius 2 is 2.00 bits per heavy atom. The average Bonchev–Trinajstić information content (AvgIpc) is 2.14. The van der Waals surface area contributed by atoms with Gasteiger partial charge in [-0.3, -0.25) is 14.4 Å². The maximum Gasteiger partial charge on any atom is 0.308 e. The van der Waals surface area contributed by atoms with Crippen LogP contribution >= 0.6 is 0 Å². The van der Waals surface area contributed by atoms with Gasteiger partial charge in [0, 0.05) is 0 Å². The van der Waals surface area contributed by atoms with E-state index in [-0.39, 0.29) is 19.6 Å². The Morgan fingerprint density at radius 3 is 2.50 bits per heavy atom. The predicted molar refractivity (Wildman–Crippen MR) is 46.2 cm³/mol. The first-order valence-corrected chi connectivity index (χ1v) is 3.84. The van der Waals surface area contributed by atoms with E-state index in [0.29, 0.717) is 0 Å². The Morgan fingerprint density at radius 1 is 1.36 bits per heavy atom. The molecule has 0 spiro atoms. The molecule has 0 aromatic heterocycles. The minimum absolute atomic E-state index is 0.209. The van der Waals surface area contributed by atoms with E-state index in [0.717, 1.165) is 6.08 Å². The molecule has 78 valence electrons. The molecule has 0 heterocycles. The molecule has 0 bridgehead atoms. The van der Waals surface area contributed by atoms with Crippen LogP contribution in [0.15, 0.2) is 12.7 Å². The van der Waals surface area contributed by atoms with Gasteiger partial charge in [-0.15, -0.1) is 0 Å². The lowest BCUT2D eigenvalue weighted by atomic mass is 10.3. The van der Waals surface area contributed by atoms with Gasteiger partial charge in [0.15, 0.2) is 6.73 Å². The number of ether oxygens (including phenoxy) is 1. The van der Waals surface area contributed by atoms with Gasteiger partial charge in [-0.2, -0.15) is 0 Å². The average molecular weight is 201 g/mol. The summed E-state index contributed by atoms with van der Waals surface area (Å²) in [7, 11) is 0. The molecule has 0 rings (SSSR count). The largest absolute Gasteiger partial charge is 0.481 e. The summed E-state index contributed by atoms with van der Waals surface area (Å²) in [6, 6.07) is 0. The Labute approximate surface area is 80.5 Å². The number of amides is 1. The van der Waals surface area contributed by atoms with E-state index in [2.05, 4.69) is 16.6 Å². The van der Waals surface area contributed by atoms with Crippen molar-refractivity contribution in [2.45, 2.75) is 12.8 Å². The molecule has 6 heteroatoms. The van der Waals surface area contributed by atoms with Gasteiger partial charge in [0.05, 0.1) is 12.8 Å². The minimum Gasteiger partial charge on any atom is -0.481 e. The second kappa shape index (κ2) is 6.64. The van der Waals surface area contributed by atoms with Gasteiger partial charge in [-0.05, 0) is 6.08 Å². The first kappa shape index (κ1) is 12.2. The highest BCUT2D eigenvalue weighted by Crippen LogP contribution is 1.91. The SMILES string of the molecule is C=CC(=O)NCOC(=O)CCC(=O)O. The van der Waals surface area contributed by atoms with Crippen LogP contribution in [0.4, 0.5) is 0 Å². The highest BCUT2D eigenvalue weighted by molar-refractivity contribution is 5.86. The third-order valence-electron chi connectivity index (χ3n) is 1.21. The van der Waals surface area contributed by atoms with Crippen LogP contribution in [0.3, 0.4) is 0 Å². The van der Waals surface area contributed by atoms with Crippen molar-refractivity contribution in [2.75, 3.05) is 6.73 Å². The molecule has 0 aliphatic rings. The van der Waals surface area contributed by atoms with Crippen molar-refractivity contribution < 1.29 is 24.2 Å². The van der Waals surface area contributed by atoms with Gasteiger partial charge < -0.3 is 15.2 Å². The van der Waals surface area contributed by atoms with Crippen molar-refractivity contribution in [2.24, 2.45) is 0 Å². The molecular formula is C8H11NO5. The molecule has 1 amide bonds. The van der Waals surface area contributed by atoms with Crippen molar-refractivity contribution in [3.05, 3.63) is 12.7 Å². The summed E-state index contributed by atoms with van der Waals surface area (Å²) < 4.78 is 4.48. The molecular weight excluding hydrogens is 190 g/mol. The zero-order valence-electron chi connectivity index (χ0n) is 7.49. The van der Waals surface area contributed by atoms with Gasteiger partial charge >= 0.3 is 11.9 Å². The standard InChI is InChI=1S/C8H11NO5/c1-2-6(10)9-5-14-8(13)4-3-7(11)12/h2H,1,3-5H2,(H,9,10)(H,11,12). The molecule has 6 nitrogen and oxygen atoms in total. The zero-order valence-corrected chi connectivity index (χ0v) is 7.49. The zero-order chi connectivity index (χ0) is 11.0. The molecule has 0 aliphatic carbocycles. The van der Waals surface area contributed by atoms with Gasteiger partial charge in [-0.1, -0.05) is 6.58 Å². The number of hydrogen-bond donors (Lipinski definition) is 2. The molecule has 2 N–H and O–H groups in total. The lowest BCUT2D eigenvalue weighted by Gasteiger charge is -2.03. The maximum absolute atomic E-state index is 10.8. The Kier molecular flexibility index (Phi) is 5.77. The number of rotatable bonds is 6. The number of carbonyl (C=O) groups excluding carboxylic acids is 2. The molecule has 0 fully saturated rings. The number of carboxylic acids is 1. The minimum atomic E-state index is -1.07. The highest BCUT2D eigenvalue weighted by atomic mass is 16.5. The lowest BCUT2D eigenvalue weighted by Crippen LogP contribution is -2.25. The monoisotopic (exact) mass is 201 g/mol. The molecule has 14 heavy (non-hydrogen) atoms. The van der Waals surface area contributed by atoms with E-state index in [4.69, 9.17) is 5.11 Å². The van der Waals surface area contributed by atoms with Crippen molar-refractivity contribution >= 4 is 17.8 Å².